The highest BCUT2D eigenvalue weighted by molar-refractivity contribution is 14.1. The first kappa shape index (κ1) is 8.14. The maximum absolute atomic E-state index is 8.19. The van der Waals surface area contributed by atoms with Crippen molar-refractivity contribution in [3.05, 3.63) is 10.4 Å². The standard InChI is InChI=1S/C6H10IN3/c7-5-3-1-2-4-6(5)9-10-8/h5-6H,1-4H2/t5-,6-/m1/s1. The minimum Gasteiger partial charge on any atom is -0.0895 e. The Hall–Kier alpha value is 0.0400. The summed E-state index contributed by atoms with van der Waals surface area (Å²) in [5.41, 5.74) is 8.19. The molecule has 1 rings (SSSR count). The van der Waals surface area contributed by atoms with Gasteiger partial charge in [0.15, 0.2) is 0 Å². The first-order valence-electron chi connectivity index (χ1n) is 3.53. The van der Waals surface area contributed by atoms with Crippen molar-refractivity contribution in [3.63, 3.8) is 0 Å². The van der Waals surface area contributed by atoms with Crippen LogP contribution in [0.25, 0.3) is 10.4 Å². The van der Waals surface area contributed by atoms with Gasteiger partial charge in [0, 0.05) is 14.9 Å². The van der Waals surface area contributed by atoms with Gasteiger partial charge in [-0.25, -0.2) is 0 Å². The molecule has 1 aliphatic carbocycles. The lowest BCUT2D eigenvalue weighted by atomic mass is 9.96. The molecule has 0 bridgehead atoms. The van der Waals surface area contributed by atoms with Crippen LogP contribution >= 0.6 is 22.6 Å². The van der Waals surface area contributed by atoms with Gasteiger partial charge < -0.3 is 0 Å². The lowest BCUT2D eigenvalue weighted by Gasteiger charge is -2.22. The summed E-state index contributed by atoms with van der Waals surface area (Å²) < 4.78 is 0.572. The molecule has 0 aromatic carbocycles. The Kier molecular flexibility index (Phi) is 3.28. The van der Waals surface area contributed by atoms with E-state index >= 15 is 0 Å². The first-order valence-corrected chi connectivity index (χ1v) is 4.77. The number of rotatable bonds is 1. The summed E-state index contributed by atoms with van der Waals surface area (Å²) in [6, 6.07) is 0.263. The monoisotopic (exact) mass is 251 g/mol. The zero-order chi connectivity index (χ0) is 7.40. The molecule has 1 saturated carbocycles. The second-order valence-corrected chi connectivity index (χ2v) is 4.17. The van der Waals surface area contributed by atoms with Crippen molar-refractivity contribution in [3.8, 4) is 0 Å². The van der Waals surface area contributed by atoms with Gasteiger partial charge in [0.05, 0.1) is 0 Å². The van der Waals surface area contributed by atoms with Gasteiger partial charge in [-0.05, 0) is 18.4 Å². The van der Waals surface area contributed by atoms with Crippen molar-refractivity contribution in [2.24, 2.45) is 5.11 Å². The minimum atomic E-state index is 0.263. The molecule has 0 amide bonds. The van der Waals surface area contributed by atoms with E-state index in [4.69, 9.17) is 5.53 Å². The van der Waals surface area contributed by atoms with E-state index in [0.717, 1.165) is 6.42 Å². The third-order valence-corrected chi connectivity index (χ3v) is 3.30. The van der Waals surface area contributed by atoms with Gasteiger partial charge >= 0.3 is 0 Å². The Bertz CT molecular complexity index is 153. The number of hydrogen-bond donors (Lipinski definition) is 0. The summed E-state index contributed by atoms with van der Waals surface area (Å²) in [7, 11) is 0. The molecule has 0 aromatic rings. The molecule has 0 radical (unpaired) electrons. The van der Waals surface area contributed by atoms with Crippen molar-refractivity contribution in [2.45, 2.75) is 35.6 Å². The quantitative estimate of drug-likeness (QED) is 0.226. The Morgan fingerprint density at radius 3 is 2.70 bits per heavy atom. The molecule has 0 aliphatic heterocycles. The second kappa shape index (κ2) is 4.03. The van der Waals surface area contributed by atoms with Gasteiger partial charge in [-0.2, -0.15) is 0 Å². The van der Waals surface area contributed by atoms with Crippen LogP contribution in [0.3, 0.4) is 0 Å². The molecular weight excluding hydrogens is 241 g/mol. The van der Waals surface area contributed by atoms with Gasteiger partial charge in [-0.15, -0.1) is 0 Å². The number of nitrogens with zero attached hydrogens (tertiary/aromatic N) is 3. The Morgan fingerprint density at radius 2 is 2.10 bits per heavy atom. The van der Waals surface area contributed by atoms with Gasteiger partial charge in [-0.1, -0.05) is 40.5 Å². The third kappa shape index (κ3) is 2.02. The summed E-state index contributed by atoms with van der Waals surface area (Å²) in [4.78, 5) is 2.83. The predicted octanol–water partition coefficient (Wildman–Crippen LogP) is 3.04. The zero-order valence-electron chi connectivity index (χ0n) is 5.70. The summed E-state index contributed by atoms with van der Waals surface area (Å²) in [5.74, 6) is 0. The highest BCUT2D eigenvalue weighted by Gasteiger charge is 2.20. The fourth-order valence-corrected chi connectivity index (χ4v) is 2.21. The molecule has 1 fully saturated rings. The molecule has 2 atom stereocenters. The van der Waals surface area contributed by atoms with Crippen LogP contribution in [0, 0.1) is 0 Å². The molecule has 1 aliphatic rings. The summed E-state index contributed by atoms with van der Waals surface area (Å²) in [6.07, 6.45) is 4.82. The molecule has 4 heteroatoms. The predicted molar refractivity (Wildman–Crippen MR) is 49.2 cm³/mol. The number of halogens is 1. The highest BCUT2D eigenvalue weighted by atomic mass is 127. The van der Waals surface area contributed by atoms with Crippen LogP contribution in [0.2, 0.25) is 0 Å². The average molecular weight is 251 g/mol. The van der Waals surface area contributed by atoms with E-state index in [1.807, 2.05) is 0 Å². The van der Waals surface area contributed by atoms with Crippen LogP contribution in [0.15, 0.2) is 5.11 Å². The minimum absolute atomic E-state index is 0.263. The van der Waals surface area contributed by atoms with Gasteiger partial charge in [-0.3, -0.25) is 0 Å². The van der Waals surface area contributed by atoms with E-state index in [-0.39, 0.29) is 6.04 Å². The Balaban J connectivity index is 2.47. The van der Waals surface area contributed by atoms with Crippen LogP contribution in [-0.4, -0.2) is 9.97 Å². The van der Waals surface area contributed by atoms with Crippen molar-refractivity contribution in [1.82, 2.24) is 0 Å². The van der Waals surface area contributed by atoms with Crippen molar-refractivity contribution in [1.29, 1.82) is 0 Å². The molecular formula is C6H10IN3. The van der Waals surface area contributed by atoms with Crippen LogP contribution in [-0.2, 0) is 0 Å². The lowest BCUT2D eigenvalue weighted by molar-refractivity contribution is 0.463. The Morgan fingerprint density at radius 1 is 1.40 bits per heavy atom. The zero-order valence-corrected chi connectivity index (χ0v) is 7.86. The molecule has 0 spiro atoms. The van der Waals surface area contributed by atoms with Crippen LogP contribution in [0.5, 0.6) is 0 Å². The van der Waals surface area contributed by atoms with Crippen molar-refractivity contribution in [2.75, 3.05) is 0 Å². The summed E-state index contributed by atoms with van der Waals surface area (Å²) >= 11 is 2.38. The fourth-order valence-electron chi connectivity index (χ4n) is 1.26. The van der Waals surface area contributed by atoms with E-state index in [9.17, 15) is 0 Å². The van der Waals surface area contributed by atoms with E-state index in [1.165, 1.54) is 19.3 Å². The smallest absolute Gasteiger partial charge is 0.0491 e. The normalized spacial score (nSPS) is 32.9. The van der Waals surface area contributed by atoms with E-state index in [0.29, 0.717) is 3.92 Å². The van der Waals surface area contributed by atoms with Crippen LogP contribution in [0.1, 0.15) is 25.7 Å². The Labute approximate surface area is 74.0 Å². The molecule has 10 heavy (non-hydrogen) atoms. The highest BCUT2D eigenvalue weighted by Crippen LogP contribution is 2.27. The number of azide groups is 1. The summed E-state index contributed by atoms with van der Waals surface area (Å²) in [6.45, 7) is 0. The van der Waals surface area contributed by atoms with Crippen molar-refractivity contribution < 1.29 is 0 Å². The topological polar surface area (TPSA) is 48.8 Å². The number of alkyl halides is 1. The molecule has 0 unspecified atom stereocenters. The van der Waals surface area contributed by atoms with E-state index < -0.39 is 0 Å². The average Bonchev–Trinajstić information content (AvgIpc) is 1.94. The van der Waals surface area contributed by atoms with Crippen LogP contribution in [0.4, 0.5) is 0 Å². The van der Waals surface area contributed by atoms with Gasteiger partial charge in [0.2, 0.25) is 0 Å². The molecule has 56 valence electrons. The molecule has 0 heterocycles. The van der Waals surface area contributed by atoms with Gasteiger partial charge in [0.1, 0.15) is 0 Å². The molecule has 0 aromatic heterocycles. The maximum atomic E-state index is 8.19. The van der Waals surface area contributed by atoms with Crippen LogP contribution < -0.4 is 0 Å². The van der Waals surface area contributed by atoms with Gasteiger partial charge in [0.25, 0.3) is 0 Å². The lowest BCUT2D eigenvalue weighted by Crippen LogP contribution is -2.21. The van der Waals surface area contributed by atoms with E-state index in [1.54, 1.807) is 0 Å². The molecule has 0 saturated heterocycles. The first-order chi connectivity index (χ1) is 4.84. The van der Waals surface area contributed by atoms with Crippen molar-refractivity contribution >= 4 is 22.6 Å². The second-order valence-electron chi connectivity index (χ2n) is 2.57. The maximum Gasteiger partial charge on any atom is 0.0491 e. The molecule has 0 N–H and O–H groups in total. The van der Waals surface area contributed by atoms with E-state index in [2.05, 4.69) is 32.6 Å². The fraction of sp³-hybridized carbons (Fsp3) is 1.00. The third-order valence-electron chi connectivity index (χ3n) is 1.85. The summed E-state index contributed by atoms with van der Waals surface area (Å²) in [5, 5.41) is 3.74. The molecule has 3 nitrogen and oxygen atoms in total. The largest absolute Gasteiger partial charge is 0.0895 e. The number of hydrogen-bond acceptors (Lipinski definition) is 1. The SMILES string of the molecule is [N-]=[N+]=N[C@@H]1CCCC[C@H]1I.